The van der Waals surface area contributed by atoms with E-state index in [9.17, 15) is 4.39 Å². The van der Waals surface area contributed by atoms with Gasteiger partial charge in [-0.2, -0.15) is 0 Å². The van der Waals surface area contributed by atoms with Gasteiger partial charge in [0.1, 0.15) is 0 Å². The van der Waals surface area contributed by atoms with Gasteiger partial charge >= 0.3 is 0 Å². The smallest absolute Gasteiger partial charge is 0.0870 e. The maximum absolute atomic E-state index is 12.6. The summed E-state index contributed by atoms with van der Waals surface area (Å²) in [4.78, 5) is 2.40. The van der Waals surface area contributed by atoms with Gasteiger partial charge in [-0.05, 0) is 61.8 Å². The predicted molar refractivity (Wildman–Crippen MR) is 103 cm³/mol. The van der Waals surface area contributed by atoms with Gasteiger partial charge in [0, 0.05) is 19.6 Å². The van der Waals surface area contributed by atoms with Crippen molar-refractivity contribution >= 4 is 0 Å². The van der Waals surface area contributed by atoms with E-state index in [-0.39, 0.29) is 0 Å². The molecule has 0 spiro atoms. The van der Waals surface area contributed by atoms with Crippen molar-refractivity contribution in [2.75, 3.05) is 19.6 Å². The summed E-state index contributed by atoms with van der Waals surface area (Å²) in [6.45, 7) is 13.7. The van der Waals surface area contributed by atoms with Crippen molar-refractivity contribution < 1.29 is 4.39 Å². The van der Waals surface area contributed by atoms with Crippen LogP contribution < -0.4 is 0 Å². The molecule has 24 heavy (non-hydrogen) atoms. The average Bonchev–Trinajstić information content (AvgIpc) is 2.54. The first kappa shape index (κ1) is 20.5. The van der Waals surface area contributed by atoms with Crippen LogP contribution in [0.5, 0.6) is 0 Å². The second-order valence-corrected chi connectivity index (χ2v) is 6.76. The molecule has 0 bridgehead atoms. The number of likely N-dealkylation sites (tertiary alicyclic amines) is 1. The van der Waals surface area contributed by atoms with Gasteiger partial charge in [0.25, 0.3) is 0 Å². The van der Waals surface area contributed by atoms with E-state index in [0.717, 1.165) is 54.6 Å². The summed E-state index contributed by atoms with van der Waals surface area (Å²) in [5.41, 5.74) is 3.17. The molecule has 1 aliphatic rings. The van der Waals surface area contributed by atoms with Gasteiger partial charge in [0.15, 0.2) is 0 Å². The molecule has 0 aromatic carbocycles. The highest BCUT2D eigenvalue weighted by molar-refractivity contribution is 5.36. The highest BCUT2D eigenvalue weighted by Gasteiger charge is 2.29. The highest BCUT2D eigenvalue weighted by Crippen LogP contribution is 2.26. The van der Waals surface area contributed by atoms with Crippen LogP contribution in [0.2, 0.25) is 0 Å². The molecule has 2 heteroatoms. The summed E-state index contributed by atoms with van der Waals surface area (Å²) in [6, 6.07) is 0. The first-order valence-electron chi connectivity index (χ1n) is 8.99. The minimum absolute atomic E-state index is 0.642. The van der Waals surface area contributed by atoms with Crippen LogP contribution in [0.25, 0.3) is 0 Å². The molecule has 0 radical (unpaired) electrons. The molecule has 1 saturated heterocycles. The Morgan fingerprint density at radius 3 is 2.46 bits per heavy atom. The summed E-state index contributed by atoms with van der Waals surface area (Å²) >= 11 is 0. The summed E-state index contributed by atoms with van der Waals surface area (Å²) in [5.74, 6) is 7.84. The standard InChI is InChI=1S/C22H32FN/c1-6-18(3)11-12-19(4)9-8-10-21(13-14-23)15-24-16-22(17-24)20(5)7-2/h6,9-10,13-14,20,22H,7-8,15-17H2,1-5H3/b14-13+,18-6+,19-9+,21-10+. The number of allylic oxidation sites excluding steroid dienone is 5. The maximum atomic E-state index is 12.6. The number of halogens is 1. The zero-order valence-corrected chi connectivity index (χ0v) is 15.9. The van der Waals surface area contributed by atoms with E-state index < -0.39 is 0 Å². The fourth-order valence-corrected chi connectivity index (χ4v) is 2.66. The molecule has 1 rings (SSSR count). The van der Waals surface area contributed by atoms with Crippen molar-refractivity contribution in [2.24, 2.45) is 11.8 Å². The van der Waals surface area contributed by atoms with Crippen LogP contribution in [0.3, 0.4) is 0 Å². The Kier molecular flexibility index (Phi) is 9.42. The fraction of sp³-hybridized carbons (Fsp3) is 0.545. The molecule has 0 amide bonds. The summed E-state index contributed by atoms with van der Waals surface area (Å²) in [7, 11) is 0. The van der Waals surface area contributed by atoms with Crippen molar-refractivity contribution in [2.45, 2.75) is 47.5 Å². The minimum Gasteiger partial charge on any atom is -0.298 e. The van der Waals surface area contributed by atoms with E-state index in [1.807, 2.05) is 26.8 Å². The number of hydrogen-bond acceptors (Lipinski definition) is 1. The van der Waals surface area contributed by atoms with Gasteiger partial charge < -0.3 is 0 Å². The van der Waals surface area contributed by atoms with E-state index in [1.54, 1.807) is 6.08 Å². The second kappa shape index (κ2) is 11.0. The molecule has 1 aliphatic heterocycles. The van der Waals surface area contributed by atoms with Crippen LogP contribution >= 0.6 is 0 Å². The van der Waals surface area contributed by atoms with Crippen LogP contribution in [0.15, 0.2) is 47.4 Å². The normalized spacial score (nSPS) is 19.2. The first-order chi connectivity index (χ1) is 11.5. The van der Waals surface area contributed by atoms with E-state index in [1.165, 1.54) is 6.42 Å². The quantitative estimate of drug-likeness (QED) is 0.429. The van der Waals surface area contributed by atoms with Crippen LogP contribution in [0.4, 0.5) is 4.39 Å². The molecule has 0 aromatic heterocycles. The lowest BCUT2D eigenvalue weighted by molar-refractivity contribution is 0.0715. The van der Waals surface area contributed by atoms with Gasteiger partial charge in [-0.3, -0.25) is 4.90 Å². The van der Waals surface area contributed by atoms with E-state index >= 15 is 0 Å². The number of rotatable bonds is 7. The van der Waals surface area contributed by atoms with E-state index in [2.05, 4.69) is 42.7 Å². The predicted octanol–water partition coefficient (Wildman–Crippen LogP) is 5.68. The monoisotopic (exact) mass is 329 g/mol. The third kappa shape index (κ3) is 7.32. The Hall–Kier alpha value is -1.59. The molecule has 132 valence electrons. The lowest BCUT2D eigenvalue weighted by Gasteiger charge is -2.42. The molecular weight excluding hydrogens is 297 g/mol. The van der Waals surface area contributed by atoms with E-state index in [4.69, 9.17) is 0 Å². The zero-order valence-electron chi connectivity index (χ0n) is 15.9. The minimum atomic E-state index is 0.642. The topological polar surface area (TPSA) is 3.24 Å². The Morgan fingerprint density at radius 1 is 1.21 bits per heavy atom. The first-order valence-corrected chi connectivity index (χ1v) is 8.99. The summed E-state index contributed by atoms with van der Waals surface area (Å²) in [5, 5.41) is 0. The second-order valence-electron chi connectivity index (χ2n) is 6.76. The van der Waals surface area contributed by atoms with Crippen LogP contribution in [-0.4, -0.2) is 24.5 Å². The highest BCUT2D eigenvalue weighted by atomic mass is 19.1. The lowest BCUT2D eigenvalue weighted by atomic mass is 9.85. The summed E-state index contributed by atoms with van der Waals surface area (Å²) in [6.07, 6.45) is 10.4. The molecule has 1 heterocycles. The Bertz CT molecular complexity index is 563. The van der Waals surface area contributed by atoms with Crippen molar-refractivity contribution in [3.63, 3.8) is 0 Å². The number of hydrogen-bond donors (Lipinski definition) is 0. The maximum Gasteiger partial charge on any atom is 0.0870 e. The fourth-order valence-electron chi connectivity index (χ4n) is 2.66. The zero-order chi connectivity index (χ0) is 17.9. The molecule has 0 aromatic rings. The summed E-state index contributed by atoms with van der Waals surface area (Å²) < 4.78 is 12.6. The van der Waals surface area contributed by atoms with Gasteiger partial charge in [-0.15, -0.1) is 0 Å². The van der Waals surface area contributed by atoms with Crippen molar-refractivity contribution in [1.29, 1.82) is 0 Å². The Balaban J connectivity index is 2.53. The Morgan fingerprint density at radius 2 is 1.88 bits per heavy atom. The van der Waals surface area contributed by atoms with Gasteiger partial charge in [0.05, 0.1) is 6.33 Å². The molecule has 1 nitrogen and oxygen atoms in total. The third-order valence-corrected chi connectivity index (χ3v) is 4.81. The average molecular weight is 330 g/mol. The SMILES string of the molecule is C/C=C(\C)C#C/C(C)=C/C/C=C(\C=C\F)CN1CC(C(C)CC)C1. The Labute approximate surface area is 148 Å². The van der Waals surface area contributed by atoms with Crippen molar-refractivity contribution in [3.8, 4) is 11.8 Å². The van der Waals surface area contributed by atoms with Crippen LogP contribution in [-0.2, 0) is 0 Å². The molecule has 0 saturated carbocycles. The van der Waals surface area contributed by atoms with Gasteiger partial charge in [-0.1, -0.05) is 50.3 Å². The molecule has 1 fully saturated rings. The third-order valence-electron chi connectivity index (χ3n) is 4.81. The molecule has 1 unspecified atom stereocenters. The van der Waals surface area contributed by atoms with Crippen LogP contribution in [0, 0.1) is 23.7 Å². The molecular formula is C22H32FN. The van der Waals surface area contributed by atoms with Crippen molar-refractivity contribution in [1.82, 2.24) is 4.90 Å². The molecule has 1 atom stereocenters. The van der Waals surface area contributed by atoms with Gasteiger partial charge in [0.2, 0.25) is 0 Å². The van der Waals surface area contributed by atoms with Crippen LogP contribution in [0.1, 0.15) is 47.5 Å². The lowest BCUT2D eigenvalue weighted by Crippen LogP contribution is -2.49. The van der Waals surface area contributed by atoms with E-state index in [0.29, 0.717) is 6.33 Å². The van der Waals surface area contributed by atoms with Crippen molar-refractivity contribution in [3.05, 3.63) is 47.4 Å². The molecule has 0 aliphatic carbocycles. The molecule has 0 N–H and O–H groups in total. The largest absolute Gasteiger partial charge is 0.298 e. The number of nitrogens with zero attached hydrogens (tertiary/aromatic N) is 1. The van der Waals surface area contributed by atoms with Gasteiger partial charge in [-0.25, -0.2) is 4.39 Å².